The van der Waals surface area contributed by atoms with Crippen LogP contribution in [0, 0.1) is 5.41 Å². The highest BCUT2D eigenvalue weighted by Crippen LogP contribution is 2.73. The topological polar surface area (TPSA) is 51.2 Å². The normalized spacial score (nSPS) is 40.9. The van der Waals surface area contributed by atoms with Gasteiger partial charge in [-0.2, -0.15) is 0 Å². The molecule has 6 atom stereocenters. The molecule has 1 aromatic rings. The van der Waals surface area contributed by atoms with Crippen molar-refractivity contribution in [1.29, 1.82) is 0 Å². The molecule has 3 unspecified atom stereocenters. The van der Waals surface area contributed by atoms with E-state index in [0.717, 1.165) is 37.3 Å². The van der Waals surface area contributed by atoms with Gasteiger partial charge in [-0.3, -0.25) is 4.79 Å². The molecule has 1 aromatic carbocycles. The lowest BCUT2D eigenvalue weighted by atomic mass is 9.38. The van der Waals surface area contributed by atoms with Crippen LogP contribution in [0.25, 0.3) is 0 Å². The van der Waals surface area contributed by atoms with Crippen LogP contribution in [0.1, 0.15) is 24.0 Å². The van der Waals surface area contributed by atoms with Gasteiger partial charge in [-0.1, -0.05) is 25.0 Å². The Kier molecular flexibility index (Phi) is 3.86. The van der Waals surface area contributed by atoms with Crippen LogP contribution < -0.4 is 9.47 Å². The molecule has 0 aromatic heterocycles. The number of fused-ring (bicyclic) bond motifs is 1. The van der Waals surface area contributed by atoms with Gasteiger partial charge in [0, 0.05) is 31.2 Å². The van der Waals surface area contributed by atoms with Crippen molar-refractivity contribution in [2.75, 3.05) is 34.9 Å². The maximum atomic E-state index is 12.8. The summed E-state index contributed by atoms with van der Waals surface area (Å²) in [4.78, 5) is 17.2. The Morgan fingerprint density at radius 1 is 1.32 bits per heavy atom. The van der Waals surface area contributed by atoms with E-state index in [4.69, 9.17) is 14.2 Å². The largest absolute Gasteiger partial charge is 0.493 e. The van der Waals surface area contributed by atoms with E-state index >= 15 is 0 Å². The molecular formula is C24H30BN2O4. The zero-order chi connectivity index (χ0) is 21.8. The SMILES string of the molecule is C[B]C(=O)N(C)C1C[C@@]23C=CC1(OC)C1Oc4c(OC)ccc5c4[C@@]12CCN(C)[C@@H]3C5. The van der Waals surface area contributed by atoms with Crippen LogP contribution in [0.4, 0.5) is 4.79 Å². The van der Waals surface area contributed by atoms with Crippen LogP contribution in [0.2, 0.25) is 6.82 Å². The van der Waals surface area contributed by atoms with Gasteiger partial charge in [0.15, 0.2) is 17.3 Å². The van der Waals surface area contributed by atoms with Gasteiger partial charge in [0.25, 0.3) is 0 Å². The van der Waals surface area contributed by atoms with E-state index in [-0.39, 0.29) is 28.8 Å². The van der Waals surface area contributed by atoms with Crippen molar-refractivity contribution < 1.29 is 19.0 Å². The van der Waals surface area contributed by atoms with Crippen LogP contribution in [-0.2, 0) is 16.6 Å². The summed E-state index contributed by atoms with van der Waals surface area (Å²) in [5.41, 5.74) is 1.73. The monoisotopic (exact) mass is 421 g/mol. The number of ether oxygens (including phenoxy) is 3. The molecule has 7 rings (SSSR count). The number of amides is 1. The average Bonchev–Trinajstić information content (AvgIpc) is 3.17. The second-order valence-electron chi connectivity index (χ2n) is 9.94. The van der Waals surface area contributed by atoms with Crippen LogP contribution >= 0.6 is 0 Å². The molecule has 31 heavy (non-hydrogen) atoms. The fraction of sp³-hybridized carbons (Fsp3) is 0.625. The minimum Gasteiger partial charge on any atom is -0.493 e. The van der Waals surface area contributed by atoms with Crippen molar-refractivity contribution in [3.05, 3.63) is 35.4 Å². The molecule has 7 heteroatoms. The first-order valence-corrected chi connectivity index (χ1v) is 11.3. The predicted molar refractivity (Wildman–Crippen MR) is 118 cm³/mol. The quantitative estimate of drug-likeness (QED) is 0.553. The molecule has 163 valence electrons. The number of hydrogen-bond donors (Lipinski definition) is 0. The summed E-state index contributed by atoms with van der Waals surface area (Å²) in [5, 5.41) is 0. The summed E-state index contributed by atoms with van der Waals surface area (Å²) in [6, 6.07) is 4.54. The standard InChI is InChI=1S/C24H30BN2O4/c1-25-21(28)27(3)17-13-22-8-9-24(17,30-5)20-23(22)10-11-26(2)16(22)12-14-6-7-15(29-4)19(31-20)18(14)23/h6-9,16-17,20H,10-13H2,1-5H3/t16-,17?,20?,22-,23+,24?/m1/s1. The number of carbonyl (C=O) groups excluding carboxylic acids is 1. The van der Waals surface area contributed by atoms with Gasteiger partial charge >= 0.3 is 0 Å². The number of benzene rings is 1. The number of methoxy groups -OCH3 is 2. The van der Waals surface area contributed by atoms with E-state index in [9.17, 15) is 4.79 Å². The lowest BCUT2D eigenvalue weighted by molar-refractivity contribution is -0.211. The molecular weight excluding hydrogens is 391 g/mol. The second-order valence-corrected chi connectivity index (χ2v) is 9.94. The fourth-order valence-corrected chi connectivity index (χ4v) is 7.96. The summed E-state index contributed by atoms with van der Waals surface area (Å²) < 4.78 is 19.0. The lowest BCUT2D eigenvalue weighted by Gasteiger charge is -2.71. The van der Waals surface area contributed by atoms with Gasteiger partial charge in [-0.25, -0.2) is 0 Å². The summed E-state index contributed by atoms with van der Waals surface area (Å²) in [5.74, 6) is 1.71. The Hall–Kier alpha value is -1.99. The van der Waals surface area contributed by atoms with Crippen LogP contribution in [0.5, 0.6) is 11.5 Å². The summed E-state index contributed by atoms with van der Waals surface area (Å²) in [6.45, 7) is 2.83. The molecule has 6 nitrogen and oxygen atoms in total. The number of nitrogens with zero attached hydrogens (tertiary/aromatic N) is 2. The number of piperidine rings is 1. The molecule has 1 amide bonds. The Morgan fingerprint density at radius 2 is 2.13 bits per heavy atom. The van der Waals surface area contributed by atoms with Crippen molar-refractivity contribution in [3.63, 3.8) is 0 Å². The predicted octanol–water partition coefficient (Wildman–Crippen LogP) is 2.47. The minimum atomic E-state index is -0.700. The summed E-state index contributed by atoms with van der Waals surface area (Å²) in [7, 11) is 9.27. The molecule has 1 saturated carbocycles. The van der Waals surface area contributed by atoms with Gasteiger partial charge in [0.1, 0.15) is 11.7 Å². The zero-order valence-corrected chi connectivity index (χ0v) is 19.0. The molecule has 0 N–H and O–H groups in total. The third kappa shape index (κ3) is 1.93. The van der Waals surface area contributed by atoms with E-state index < -0.39 is 5.60 Å². The zero-order valence-electron chi connectivity index (χ0n) is 19.0. The number of hydrogen-bond acceptors (Lipinski definition) is 5. The highest BCUT2D eigenvalue weighted by molar-refractivity contribution is 6.72. The Labute approximate surface area is 184 Å². The molecule has 4 aliphatic carbocycles. The van der Waals surface area contributed by atoms with Crippen molar-refractivity contribution in [1.82, 2.24) is 9.80 Å². The number of rotatable bonds is 4. The van der Waals surface area contributed by atoms with Crippen LogP contribution in [0.15, 0.2) is 24.3 Å². The fourth-order valence-electron chi connectivity index (χ4n) is 7.96. The van der Waals surface area contributed by atoms with Crippen molar-refractivity contribution >= 4 is 13.1 Å². The van der Waals surface area contributed by atoms with Gasteiger partial charge in [-0.05, 0) is 44.5 Å². The number of likely N-dealkylation sites (N-methyl/N-ethyl adjacent to an activating group) is 2. The lowest BCUT2D eigenvalue weighted by Crippen LogP contribution is -2.81. The maximum absolute atomic E-state index is 12.8. The van der Waals surface area contributed by atoms with Crippen molar-refractivity contribution in [2.24, 2.45) is 5.41 Å². The maximum Gasteiger partial charge on any atom is 0.229 e. The Bertz CT molecular complexity index is 1010. The Morgan fingerprint density at radius 3 is 2.84 bits per heavy atom. The van der Waals surface area contributed by atoms with Crippen LogP contribution in [-0.4, -0.2) is 81.5 Å². The first kappa shape index (κ1) is 19.7. The third-order valence-corrected chi connectivity index (χ3v) is 9.31. The minimum absolute atomic E-state index is 0.0240. The van der Waals surface area contributed by atoms with Crippen LogP contribution in [0.3, 0.4) is 0 Å². The van der Waals surface area contributed by atoms with Crippen molar-refractivity contribution in [2.45, 2.75) is 55.3 Å². The summed E-state index contributed by atoms with van der Waals surface area (Å²) in [6.07, 6.45) is 7.32. The number of likely N-dealkylation sites (tertiary alicyclic amines) is 1. The van der Waals surface area contributed by atoms with Crippen molar-refractivity contribution in [3.8, 4) is 11.5 Å². The van der Waals surface area contributed by atoms with Gasteiger partial charge < -0.3 is 24.0 Å². The van der Waals surface area contributed by atoms with Gasteiger partial charge in [-0.15, -0.1) is 0 Å². The molecule has 2 heterocycles. The molecule has 2 aliphatic heterocycles. The molecule has 2 fully saturated rings. The van der Waals surface area contributed by atoms with E-state index in [1.54, 1.807) is 28.3 Å². The van der Waals surface area contributed by atoms with E-state index in [1.807, 2.05) is 18.0 Å². The first-order valence-electron chi connectivity index (χ1n) is 11.3. The number of carbonyl (C=O) groups is 1. The van der Waals surface area contributed by atoms with Gasteiger partial charge in [0.05, 0.1) is 18.6 Å². The average molecular weight is 421 g/mol. The highest BCUT2D eigenvalue weighted by Gasteiger charge is 2.79. The molecule has 2 spiro atoms. The second kappa shape index (κ2) is 6.07. The third-order valence-electron chi connectivity index (χ3n) is 9.31. The molecule has 4 bridgehead atoms. The first-order chi connectivity index (χ1) is 14.9. The Balaban J connectivity index is 1.65. The van der Waals surface area contributed by atoms with E-state index in [0.29, 0.717) is 6.04 Å². The highest BCUT2D eigenvalue weighted by atomic mass is 16.6. The molecule has 1 radical (unpaired) electrons. The molecule has 1 saturated heterocycles. The summed E-state index contributed by atoms with van der Waals surface area (Å²) >= 11 is 0. The molecule has 6 aliphatic rings. The van der Waals surface area contributed by atoms with E-state index in [1.165, 1.54) is 11.1 Å². The smallest absolute Gasteiger partial charge is 0.229 e. The van der Waals surface area contributed by atoms with E-state index in [2.05, 4.69) is 30.2 Å². The van der Waals surface area contributed by atoms with Gasteiger partial charge in [0.2, 0.25) is 7.28 Å².